The third-order valence-corrected chi connectivity index (χ3v) is 3.12. The van der Waals surface area contributed by atoms with Crippen LogP contribution in [0.15, 0.2) is 34.9 Å². The van der Waals surface area contributed by atoms with E-state index >= 15 is 0 Å². The standard InChI is InChI=1S/C12H11BrN4O/c1-7-5-11(15-6-8(7)13)17-12(18)9-3-2-4-10(14)16-9/h2-6H,1H3,(H2,14,16)(H,15,17,18). The van der Waals surface area contributed by atoms with Crippen LogP contribution >= 0.6 is 15.9 Å². The molecule has 0 atom stereocenters. The van der Waals surface area contributed by atoms with Gasteiger partial charge in [0.15, 0.2) is 0 Å². The molecular weight excluding hydrogens is 296 g/mol. The van der Waals surface area contributed by atoms with Crippen LogP contribution in [0.5, 0.6) is 0 Å². The number of carbonyl (C=O) groups excluding carboxylic acids is 1. The summed E-state index contributed by atoms with van der Waals surface area (Å²) in [5.74, 6) is 0.448. The molecule has 0 aromatic carbocycles. The quantitative estimate of drug-likeness (QED) is 0.892. The largest absolute Gasteiger partial charge is 0.384 e. The molecule has 0 unspecified atom stereocenters. The number of rotatable bonds is 2. The lowest BCUT2D eigenvalue weighted by molar-refractivity contribution is 0.102. The summed E-state index contributed by atoms with van der Waals surface area (Å²) in [5.41, 5.74) is 6.77. The van der Waals surface area contributed by atoms with Crippen molar-refractivity contribution in [2.45, 2.75) is 6.92 Å². The molecule has 5 nitrogen and oxygen atoms in total. The zero-order valence-corrected chi connectivity index (χ0v) is 11.2. The summed E-state index contributed by atoms with van der Waals surface area (Å²) in [7, 11) is 0. The number of nitrogens with two attached hydrogens (primary N) is 1. The average molecular weight is 307 g/mol. The van der Waals surface area contributed by atoms with Gasteiger partial charge in [0.2, 0.25) is 0 Å². The highest BCUT2D eigenvalue weighted by atomic mass is 79.9. The van der Waals surface area contributed by atoms with Crippen molar-refractivity contribution < 1.29 is 4.79 Å². The molecule has 0 aliphatic rings. The van der Waals surface area contributed by atoms with E-state index in [4.69, 9.17) is 5.73 Å². The van der Waals surface area contributed by atoms with E-state index < -0.39 is 0 Å². The van der Waals surface area contributed by atoms with Gasteiger partial charge < -0.3 is 11.1 Å². The summed E-state index contributed by atoms with van der Waals surface area (Å²) in [4.78, 5) is 19.9. The van der Waals surface area contributed by atoms with Crippen molar-refractivity contribution in [1.82, 2.24) is 9.97 Å². The number of amides is 1. The summed E-state index contributed by atoms with van der Waals surface area (Å²) in [6.07, 6.45) is 1.64. The highest BCUT2D eigenvalue weighted by Crippen LogP contribution is 2.17. The van der Waals surface area contributed by atoms with Gasteiger partial charge in [-0.05, 0) is 46.6 Å². The Kier molecular flexibility index (Phi) is 3.57. The van der Waals surface area contributed by atoms with Crippen molar-refractivity contribution in [3.63, 3.8) is 0 Å². The van der Waals surface area contributed by atoms with E-state index in [0.29, 0.717) is 11.6 Å². The second-order valence-electron chi connectivity index (χ2n) is 3.72. The van der Waals surface area contributed by atoms with Crippen LogP contribution in [0.4, 0.5) is 11.6 Å². The van der Waals surface area contributed by atoms with Crippen LogP contribution < -0.4 is 11.1 Å². The van der Waals surface area contributed by atoms with Gasteiger partial charge in [0.1, 0.15) is 17.3 Å². The minimum atomic E-state index is -0.337. The van der Waals surface area contributed by atoms with E-state index in [9.17, 15) is 4.79 Å². The lowest BCUT2D eigenvalue weighted by Gasteiger charge is -2.05. The summed E-state index contributed by atoms with van der Waals surface area (Å²) in [6, 6.07) is 6.67. The molecule has 0 bridgehead atoms. The molecule has 2 heterocycles. The maximum Gasteiger partial charge on any atom is 0.275 e. The first kappa shape index (κ1) is 12.5. The molecule has 18 heavy (non-hydrogen) atoms. The van der Waals surface area contributed by atoms with Crippen LogP contribution in [0.2, 0.25) is 0 Å². The molecule has 3 N–H and O–H groups in total. The van der Waals surface area contributed by atoms with Crippen LogP contribution in [-0.4, -0.2) is 15.9 Å². The number of nitrogens with one attached hydrogen (secondary N) is 1. The minimum Gasteiger partial charge on any atom is -0.384 e. The molecule has 6 heteroatoms. The number of halogens is 1. The zero-order chi connectivity index (χ0) is 13.1. The minimum absolute atomic E-state index is 0.261. The van der Waals surface area contributed by atoms with E-state index in [-0.39, 0.29) is 11.6 Å². The second-order valence-corrected chi connectivity index (χ2v) is 4.57. The molecule has 2 rings (SSSR count). The van der Waals surface area contributed by atoms with Gasteiger partial charge in [0, 0.05) is 10.7 Å². The maximum absolute atomic E-state index is 11.9. The van der Waals surface area contributed by atoms with Crippen LogP contribution in [0.1, 0.15) is 16.1 Å². The van der Waals surface area contributed by atoms with Gasteiger partial charge >= 0.3 is 0 Å². The van der Waals surface area contributed by atoms with E-state index in [0.717, 1.165) is 10.0 Å². The lowest BCUT2D eigenvalue weighted by atomic mass is 10.3. The molecule has 0 saturated carbocycles. The summed E-state index contributed by atoms with van der Waals surface area (Å²) in [6.45, 7) is 1.92. The molecule has 2 aromatic heterocycles. The Morgan fingerprint density at radius 3 is 2.89 bits per heavy atom. The van der Waals surface area contributed by atoms with Crippen LogP contribution in [0.3, 0.4) is 0 Å². The molecule has 0 fully saturated rings. The number of hydrogen-bond donors (Lipinski definition) is 2. The van der Waals surface area contributed by atoms with Gasteiger partial charge in [-0.25, -0.2) is 9.97 Å². The summed E-state index contributed by atoms with van der Waals surface area (Å²) >= 11 is 3.35. The van der Waals surface area contributed by atoms with Gasteiger partial charge in [-0.3, -0.25) is 4.79 Å². The molecule has 0 aliphatic carbocycles. The first-order chi connectivity index (χ1) is 8.56. The molecule has 0 radical (unpaired) electrons. The first-order valence-corrected chi connectivity index (χ1v) is 6.01. The van der Waals surface area contributed by atoms with Crippen molar-refractivity contribution >= 4 is 33.5 Å². The number of aryl methyl sites for hydroxylation is 1. The average Bonchev–Trinajstić information content (AvgIpc) is 2.34. The highest BCUT2D eigenvalue weighted by Gasteiger charge is 2.09. The molecule has 1 amide bonds. The number of anilines is 2. The summed E-state index contributed by atoms with van der Waals surface area (Å²) in [5, 5.41) is 2.66. The van der Waals surface area contributed by atoms with Crippen LogP contribution in [0.25, 0.3) is 0 Å². The topological polar surface area (TPSA) is 80.9 Å². The van der Waals surface area contributed by atoms with E-state index in [1.807, 2.05) is 6.92 Å². The lowest BCUT2D eigenvalue weighted by Crippen LogP contribution is -2.15. The molecule has 92 valence electrons. The fourth-order valence-corrected chi connectivity index (χ4v) is 1.58. The maximum atomic E-state index is 11.9. The Morgan fingerprint density at radius 2 is 2.22 bits per heavy atom. The predicted octanol–water partition coefficient (Wildman–Crippen LogP) is 2.38. The normalized spacial score (nSPS) is 10.1. The number of aromatic nitrogens is 2. The number of nitrogens with zero attached hydrogens (tertiary/aromatic N) is 2. The third kappa shape index (κ3) is 2.84. The summed E-state index contributed by atoms with van der Waals surface area (Å²) < 4.78 is 0.891. The first-order valence-electron chi connectivity index (χ1n) is 5.22. The zero-order valence-electron chi connectivity index (χ0n) is 9.64. The van der Waals surface area contributed by atoms with E-state index in [1.54, 1.807) is 30.5 Å². The SMILES string of the molecule is Cc1cc(NC(=O)c2cccc(N)n2)ncc1Br. The van der Waals surface area contributed by atoms with Crippen LogP contribution in [-0.2, 0) is 0 Å². The molecule has 0 aliphatic heterocycles. The third-order valence-electron chi connectivity index (χ3n) is 2.29. The van der Waals surface area contributed by atoms with E-state index in [2.05, 4.69) is 31.2 Å². The Morgan fingerprint density at radius 1 is 1.44 bits per heavy atom. The van der Waals surface area contributed by atoms with Gasteiger partial charge in [0.25, 0.3) is 5.91 Å². The Hall–Kier alpha value is -1.95. The second kappa shape index (κ2) is 5.14. The van der Waals surface area contributed by atoms with Gasteiger partial charge in [-0.1, -0.05) is 6.07 Å². The van der Waals surface area contributed by atoms with Gasteiger partial charge in [-0.2, -0.15) is 0 Å². The molecule has 0 spiro atoms. The molecular formula is C12H11BrN4O. The number of hydrogen-bond acceptors (Lipinski definition) is 4. The van der Waals surface area contributed by atoms with E-state index in [1.165, 1.54) is 0 Å². The fraction of sp³-hybridized carbons (Fsp3) is 0.0833. The smallest absolute Gasteiger partial charge is 0.275 e. The van der Waals surface area contributed by atoms with Crippen molar-refractivity contribution in [2.75, 3.05) is 11.1 Å². The Bertz CT molecular complexity index is 600. The number of nitrogen functional groups attached to an aromatic ring is 1. The monoisotopic (exact) mass is 306 g/mol. The van der Waals surface area contributed by atoms with Crippen LogP contribution in [0, 0.1) is 6.92 Å². The fourth-order valence-electron chi connectivity index (χ4n) is 1.37. The number of carbonyl (C=O) groups is 1. The van der Waals surface area contributed by atoms with Crippen molar-refractivity contribution in [2.24, 2.45) is 0 Å². The van der Waals surface area contributed by atoms with Gasteiger partial charge in [-0.15, -0.1) is 0 Å². The Balaban J connectivity index is 2.18. The van der Waals surface area contributed by atoms with Crippen molar-refractivity contribution in [1.29, 1.82) is 0 Å². The van der Waals surface area contributed by atoms with Crippen molar-refractivity contribution in [3.8, 4) is 0 Å². The molecule has 2 aromatic rings. The predicted molar refractivity (Wildman–Crippen MR) is 73.3 cm³/mol. The Labute approximate surface area is 113 Å². The highest BCUT2D eigenvalue weighted by molar-refractivity contribution is 9.10. The number of pyridine rings is 2. The molecule has 0 saturated heterocycles. The van der Waals surface area contributed by atoms with Gasteiger partial charge in [0.05, 0.1) is 0 Å². The van der Waals surface area contributed by atoms with Crippen molar-refractivity contribution in [3.05, 3.63) is 46.2 Å².